The largest absolute Gasteiger partial charge is 0.486 e. The fraction of sp³-hybridized carbons (Fsp3) is 0.200. The Bertz CT molecular complexity index is 1620. The second-order valence-corrected chi connectivity index (χ2v) is 9.90. The van der Waals surface area contributed by atoms with Crippen LogP contribution in [-0.4, -0.2) is 33.9 Å². The molecule has 3 heterocycles. The first kappa shape index (κ1) is 24.9. The number of amides is 1. The number of carbonyl (C=O) groups excluding carboxylic acids is 1. The van der Waals surface area contributed by atoms with E-state index in [-0.39, 0.29) is 5.91 Å². The fourth-order valence-electron chi connectivity index (χ4n) is 4.85. The molecule has 0 spiro atoms. The van der Waals surface area contributed by atoms with Gasteiger partial charge in [-0.25, -0.2) is 9.97 Å². The molecule has 3 N–H and O–H groups in total. The lowest BCUT2D eigenvalue weighted by atomic mass is 10.1. The molecule has 3 atom stereocenters. The Hall–Kier alpha value is -4.45. The van der Waals surface area contributed by atoms with E-state index < -0.39 is 0 Å². The minimum absolute atomic E-state index is 0.313. The normalized spacial score (nSPS) is 18.9. The zero-order valence-corrected chi connectivity index (χ0v) is 21.7. The van der Waals surface area contributed by atoms with Gasteiger partial charge in [-0.3, -0.25) is 9.78 Å². The van der Waals surface area contributed by atoms with Crippen LogP contribution in [-0.2, 0) is 11.4 Å². The fourth-order valence-corrected chi connectivity index (χ4v) is 5.09. The molecule has 1 saturated heterocycles. The number of hydrogen-bond acceptors (Lipinski definition) is 7. The summed E-state index contributed by atoms with van der Waals surface area (Å²) in [4.78, 5) is 25.4. The van der Waals surface area contributed by atoms with Crippen LogP contribution in [0.5, 0.6) is 5.75 Å². The maximum atomic E-state index is 12.2. The Morgan fingerprint density at radius 2 is 2.03 bits per heavy atom. The highest BCUT2D eigenvalue weighted by Crippen LogP contribution is 2.48. The molecule has 2 aromatic carbocycles. The summed E-state index contributed by atoms with van der Waals surface area (Å²) in [5.74, 6) is 9.14. The van der Waals surface area contributed by atoms with Crippen LogP contribution in [0.4, 0.5) is 17.2 Å². The van der Waals surface area contributed by atoms with Crippen molar-refractivity contribution in [3.8, 4) is 17.6 Å². The minimum Gasteiger partial charge on any atom is -0.486 e. The first-order chi connectivity index (χ1) is 19.1. The minimum atomic E-state index is -0.315. The lowest BCUT2D eigenvalue weighted by Gasteiger charge is -2.13. The van der Waals surface area contributed by atoms with Crippen LogP contribution >= 0.6 is 11.6 Å². The van der Waals surface area contributed by atoms with Gasteiger partial charge in [-0.1, -0.05) is 36.1 Å². The number of fused-ring (bicyclic) bond motifs is 2. The summed E-state index contributed by atoms with van der Waals surface area (Å²) in [5, 5.41) is 10.8. The van der Waals surface area contributed by atoms with E-state index in [0.717, 1.165) is 29.9 Å². The Kier molecular flexibility index (Phi) is 6.84. The molecule has 0 bridgehead atoms. The molecule has 0 radical (unpaired) electrons. The van der Waals surface area contributed by atoms with Crippen molar-refractivity contribution in [3.05, 3.63) is 90.0 Å². The molecule has 1 aliphatic heterocycles. The summed E-state index contributed by atoms with van der Waals surface area (Å²) in [6, 6.07) is 14.8. The van der Waals surface area contributed by atoms with Crippen molar-refractivity contribution in [2.75, 3.05) is 23.7 Å². The van der Waals surface area contributed by atoms with Crippen molar-refractivity contribution in [1.82, 2.24) is 20.3 Å². The number of benzene rings is 2. The Morgan fingerprint density at radius 3 is 2.79 bits per heavy atom. The number of piperidine rings is 1. The average Bonchev–Trinajstić information content (AvgIpc) is 3.37. The molecule has 1 unspecified atom stereocenters. The molecule has 2 aromatic heterocycles. The van der Waals surface area contributed by atoms with Gasteiger partial charge in [0.05, 0.1) is 27.5 Å². The highest BCUT2D eigenvalue weighted by Gasteiger charge is 2.51. The Labute approximate surface area is 230 Å². The number of pyridine rings is 1. The van der Waals surface area contributed by atoms with E-state index in [1.54, 1.807) is 18.3 Å². The molecule has 4 aromatic rings. The van der Waals surface area contributed by atoms with Gasteiger partial charge in [0, 0.05) is 23.2 Å². The van der Waals surface area contributed by atoms with Crippen molar-refractivity contribution in [2.45, 2.75) is 6.61 Å². The number of halogens is 1. The number of carbonyl (C=O) groups is 1. The highest BCUT2D eigenvalue weighted by molar-refractivity contribution is 6.32. The van der Waals surface area contributed by atoms with Crippen molar-refractivity contribution in [1.29, 1.82) is 0 Å². The molecular formula is C30H25ClN6O2. The molecule has 1 amide bonds. The third kappa shape index (κ3) is 5.41. The third-order valence-corrected chi connectivity index (χ3v) is 7.27. The molecule has 194 valence electrons. The van der Waals surface area contributed by atoms with E-state index in [4.69, 9.17) is 16.3 Å². The topological polar surface area (TPSA) is 101 Å². The predicted molar refractivity (Wildman–Crippen MR) is 152 cm³/mol. The number of nitrogens with one attached hydrogen (secondary N) is 3. The number of aromatic nitrogens is 3. The molecule has 2 fully saturated rings. The zero-order chi connectivity index (χ0) is 26.8. The SMILES string of the molecule is C=CC(=O)Nc1cc2c(Nc3ccc(OCc4ccccn4)c(Cl)c3)ncnc2cc1C#CC1[C@H]2CNC[C@@H]12. The molecular weight excluding hydrogens is 512 g/mol. The summed E-state index contributed by atoms with van der Waals surface area (Å²) in [7, 11) is 0. The first-order valence-corrected chi connectivity index (χ1v) is 13.0. The van der Waals surface area contributed by atoms with Crippen molar-refractivity contribution in [3.63, 3.8) is 0 Å². The quantitative estimate of drug-likeness (QED) is 0.227. The maximum absolute atomic E-state index is 12.2. The van der Waals surface area contributed by atoms with Crippen LogP contribution in [0.1, 0.15) is 11.3 Å². The number of ether oxygens (including phenoxy) is 1. The lowest BCUT2D eigenvalue weighted by Crippen LogP contribution is -2.14. The van der Waals surface area contributed by atoms with Crippen molar-refractivity contribution in [2.24, 2.45) is 17.8 Å². The van der Waals surface area contributed by atoms with Crippen molar-refractivity contribution >= 4 is 45.6 Å². The summed E-state index contributed by atoms with van der Waals surface area (Å²) >= 11 is 6.51. The van der Waals surface area contributed by atoms with Crippen LogP contribution < -0.4 is 20.7 Å². The summed E-state index contributed by atoms with van der Waals surface area (Å²) in [6.07, 6.45) is 4.45. The Balaban J connectivity index is 1.26. The van der Waals surface area contributed by atoms with Crippen LogP contribution in [0, 0.1) is 29.6 Å². The van der Waals surface area contributed by atoms with E-state index in [1.807, 2.05) is 36.4 Å². The zero-order valence-electron chi connectivity index (χ0n) is 20.9. The number of rotatable bonds is 7. The van der Waals surface area contributed by atoms with Gasteiger partial charge < -0.3 is 20.7 Å². The van der Waals surface area contributed by atoms with Crippen LogP contribution in [0.2, 0.25) is 5.02 Å². The molecule has 2 aliphatic rings. The lowest BCUT2D eigenvalue weighted by molar-refractivity contribution is -0.111. The number of anilines is 3. The molecule has 1 saturated carbocycles. The van der Waals surface area contributed by atoms with Crippen molar-refractivity contribution < 1.29 is 9.53 Å². The molecule has 6 rings (SSSR count). The average molecular weight is 537 g/mol. The predicted octanol–water partition coefficient (Wildman–Crippen LogP) is 4.94. The van der Waals surface area contributed by atoms with E-state index in [2.05, 4.69) is 49.3 Å². The number of hydrogen-bond donors (Lipinski definition) is 3. The van der Waals surface area contributed by atoms with Gasteiger partial charge in [0.15, 0.2) is 0 Å². The van der Waals surface area contributed by atoms with Gasteiger partial charge in [-0.15, -0.1) is 0 Å². The highest BCUT2D eigenvalue weighted by atomic mass is 35.5. The van der Waals surface area contributed by atoms with Gasteiger partial charge in [-0.2, -0.15) is 0 Å². The summed E-state index contributed by atoms with van der Waals surface area (Å²) in [5.41, 5.74) is 3.52. The van der Waals surface area contributed by atoms with E-state index in [0.29, 0.717) is 57.7 Å². The van der Waals surface area contributed by atoms with Crippen LogP contribution in [0.25, 0.3) is 10.9 Å². The maximum Gasteiger partial charge on any atom is 0.247 e. The van der Waals surface area contributed by atoms with Crippen LogP contribution in [0.3, 0.4) is 0 Å². The number of nitrogens with zero attached hydrogens (tertiary/aromatic N) is 3. The standard InChI is InChI=1S/C30H25ClN6O2/c1-2-29(38)37-26-13-22-27(11-18(26)6-8-21-23-14-32-15-24(21)23)34-17-35-30(22)36-19-7-9-28(25(31)12-19)39-16-20-5-3-4-10-33-20/h2-5,7,9-13,17,21,23-24,32H,1,14-16H2,(H,37,38)(H,34,35,36)/t21?,23-,24+. The molecule has 8 nitrogen and oxygen atoms in total. The molecule has 9 heteroatoms. The molecule has 1 aliphatic carbocycles. The van der Waals surface area contributed by atoms with Gasteiger partial charge in [0.2, 0.25) is 5.91 Å². The Morgan fingerprint density at radius 1 is 1.15 bits per heavy atom. The van der Waals surface area contributed by atoms with Gasteiger partial charge >= 0.3 is 0 Å². The van der Waals surface area contributed by atoms with E-state index in [9.17, 15) is 4.79 Å². The van der Waals surface area contributed by atoms with Crippen LogP contribution in [0.15, 0.2) is 73.7 Å². The summed E-state index contributed by atoms with van der Waals surface area (Å²) < 4.78 is 5.83. The van der Waals surface area contributed by atoms with Gasteiger partial charge in [0.1, 0.15) is 24.5 Å². The van der Waals surface area contributed by atoms with Gasteiger partial charge in [0.25, 0.3) is 0 Å². The summed E-state index contributed by atoms with van der Waals surface area (Å²) in [6.45, 7) is 5.92. The smallest absolute Gasteiger partial charge is 0.247 e. The molecule has 39 heavy (non-hydrogen) atoms. The second-order valence-electron chi connectivity index (χ2n) is 9.49. The monoisotopic (exact) mass is 536 g/mol. The first-order valence-electron chi connectivity index (χ1n) is 12.6. The van der Waals surface area contributed by atoms with Gasteiger partial charge in [-0.05, 0) is 73.5 Å². The van der Waals surface area contributed by atoms with E-state index >= 15 is 0 Å². The van der Waals surface area contributed by atoms with E-state index in [1.165, 1.54) is 12.4 Å². The second kappa shape index (κ2) is 10.7. The third-order valence-electron chi connectivity index (χ3n) is 6.98.